The monoisotopic (exact) mass is 695 g/mol. The van der Waals surface area contributed by atoms with Gasteiger partial charge >= 0.3 is 29.9 Å². The fourth-order valence-corrected chi connectivity index (χ4v) is 6.04. The first kappa shape index (κ1) is 36.2. The van der Waals surface area contributed by atoms with Gasteiger partial charge < -0.3 is 66.4 Å². The minimum absolute atomic E-state index is 0.000717. The number of nitrogen functional groups attached to an aromatic ring is 1. The van der Waals surface area contributed by atoms with Crippen LogP contribution >= 0.6 is 0 Å². The Balaban J connectivity index is 1.56. The number of aliphatic hydroxyl groups is 8. The molecular formula is C28H41N9O12. The van der Waals surface area contributed by atoms with Crippen molar-refractivity contribution >= 4 is 29.7 Å². The van der Waals surface area contributed by atoms with Gasteiger partial charge in [-0.15, -0.1) is 0 Å². The van der Waals surface area contributed by atoms with Crippen LogP contribution in [0.2, 0.25) is 0 Å². The lowest BCUT2D eigenvalue weighted by molar-refractivity contribution is -0.607. The molecule has 2 amide bonds. The fraction of sp³-hybridized carbons (Fsp3) is 0.643. The van der Waals surface area contributed by atoms with Crippen LogP contribution in [0.15, 0.2) is 12.4 Å². The van der Waals surface area contributed by atoms with Gasteiger partial charge in [0.1, 0.15) is 17.0 Å². The Morgan fingerprint density at radius 2 is 1.51 bits per heavy atom. The predicted molar refractivity (Wildman–Crippen MR) is 164 cm³/mol. The second-order valence-electron chi connectivity index (χ2n) is 14.1. The van der Waals surface area contributed by atoms with E-state index in [0.29, 0.717) is 12.0 Å². The van der Waals surface area contributed by atoms with Crippen molar-refractivity contribution in [2.45, 2.75) is 94.8 Å². The molecule has 2 aromatic heterocycles. The van der Waals surface area contributed by atoms with E-state index >= 15 is 0 Å². The molecule has 0 saturated carbocycles. The lowest BCUT2D eigenvalue weighted by Crippen LogP contribution is -2.85. The lowest BCUT2D eigenvalue weighted by atomic mass is 9.99. The summed E-state index contributed by atoms with van der Waals surface area (Å²) in [6.07, 6.45) is 2.42. The van der Waals surface area contributed by atoms with E-state index in [-0.39, 0.29) is 49.1 Å². The number of nitrogens with one attached hydrogen (secondary N) is 1. The standard InChI is InChI=1S/C28H41N9O12/c1-22(2,3)48-21(39)34-23(4,5)18(38)35-10-8-24(6,13-35)36-9-7-15-16(14-11-30-19(29)31-12-14)32-20(33-17(15)36)37-25(40,41)27(44,45)49-28(46,47)26(37,42)43/h11-12,40-47H,7-10,13H2,1-6H3,(H,34,39)(H2,29,30,31)/t24-/m0/s1. The molecule has 0 aromatic carbocycles. The maximum Gasteiger partial charge on any atom is 0.408 e. The summed E-state index contributed by atoms with van der Waals surface area (Å²) in [5.41, 5.74) is 3.26. The number of amides is 2. The van der Waals surface area contributed by atoms with Gasteiger partial charge in [0.25, 0.3) is 0 Å². The predicted octanol–water partition coefficient (Wildman–Crippen LogP) is -3.44. The van der Waals surface area contributed by atoms with Gasteiger partial charge in [0.15, 0.2) is 0 Å². The Morgan fingerprint density at radius 3 is 2.06 bits per heavy atom. The van der Waals surface area contributed by atoms with Crippen LogP contribution in [-0.2, 0) is 20.7 Å². The zero-order chi connectivity index (χ0) is 36.8. The van der Waals surface area contributed by atoms with Crippen LogP contribution in [0, 0.1) is 0 Å². The van der Waals surface area contributed by atoms with Crippen molar-refractivity contribution in [1.29, 1.82) is 0 Å². The average molecular weight is 696 g/mol. The third kappa shape index (κ3) is 6.17. The highest BCUT2D eigenvalue weighted by molar-refractivity contribution is 5.89. The number of alkyl carbamates (subject to hydrolysis) is 1. The molecule has 5 rings (SSSR count). The molecular weight excluding hydrogens is 654 g/mol. The van der Waals surface area contributed by atoms with Gasteiger partial charge in [-0.2, -0.15) is 4.98 Å². The Labute approximate surface area is 279 Å². The summed E-state index contributed by atoms with van der Waals surface area (Å²) in [5.74, 6) is -18.4. The molecule has 0 aliphatic carbocycles. The first-order valence-electron chi connectivity index (χ1n) is 15.1. The second-order valence-corrected chi connectivity index (χ2v) is 14.1. The zero-order valence-electron chi connectivity index (χ0n) is 27.6. The molecule has 21 heteroatoms. The number of fused-ring (bicyclic) bond motifs is 1. The summed E-state index contributed by atoms with van der Waals surface area (Å²) in [6.45, 7) is 10.6. The quantitative estimate of drug-likeness (QED) is 0.136. The van der Waals surface area contributed by atoms with Gasteiger partial charge in [-0.3, -0.25) is 9.53 Å². The molecule has 0 radical (unpaired) electrons. The number of likely N-dealkylation sites (tertiary alicyclic amines) is 1. The van der Waals surface area contributed by atoms with Gasteiger partial charge in [0.2, 0.25) is 17.8 Å². The van der Waals surface area contributed by atoms with Crippen LogP contribution < -0.4 is 20.9 Å². The van der Waals surface area contributed by atoms with E-state index in [1.807, 2.05) is 6.92 Å². The van der Waals surface area contributed by atoms with E-state index in [0.717, 1.165) is 0 Å². The van der Waals surface area contributed by atoms with Crippen molar-refractivity contribution in [3.63, 3.8) is 0 Å². The smallest absolute Gasteiger partial charge is 0.408 e. The van der Waals surface area contributed by atoms with Crippen LogP contribution in [0.5, 0.6) is 0 Å². The summed E-state index contributed by atoms with van der Waals surface area (Å²) in [6, 6.07) is 0. The molecule has 0 spiro atoms. The van der Waals surface area contributed by atoms with E-state index in [9.17, 15) is 50.4 Å². The van der Waals surface area contributed by atoms with Crippen molar-refractivity contribution in [2.24, 2.45) is 0 Å². The van der Waals surface area contributed by atoms with Gasteiger partial charge in [0.05, 0.1) is 11.2 Å². The molecule has 2 saturated heterocycles. The molecule has 5 heterocycles. The number of nitrogens with zero attached hydrogens (tertiary/aromatic N) is 7. The third-order valence-corrected chi connectivity index (χ3v) is 8.48. The first-order valence-corrected chi connectivity index (χ1v) is 15.1. The van der Waals surface area contributed by atoms with Crippen LogP contribution in [0.1, 0.15) is 53.5 Å². The second kappa shape index (κ2) is 11.2. The molecule has 3 aliphatic heterocycles. The normalized spacial score (nSPS) is 24.1. The number of carbonyl (C=O) groups is 2. The van der Waals surface area contributed by atoms with Gasteiger partial charge in [-0.25, -0.2) is 24.6 Å². The fourth-order valence-electron chi connectivity index (χ4n) is 6.04. The van der Waals surface area contributed by atoms with Crippen molar-refractivity contribution in [1.82, 2.24) is 30.2 Å². The molecule has 49 heavy (non-hydrogen) atoms. The number of aromatic nitrogens is 4. The number of anilines is 3. The van der Waals surface area contributed by atoms with Crippen molar-refractivity contribution in [3.8, 4) is 11.3 Å². The molecule has 3 aliphatic rings. The molecule has 1 atom stereocenters. The highest BCUT2D eigenvalue weighted by atomic mass is 16.9. The molecule has 2 aromatic rings. The highest BCUT2D eigenvalue weighted by Crippen LogP contribution is 2.46. The van der Waals surface area contributed by atoms with Crippen LogP contribution in [0.4, 0.5) is 22.5 Å². The summed E-state index contributed by atoms with van der Waals surface area (Å²) in [7, 11) is 0. The molecule has 11 N–H and O–H groups in total. The molecule has 0 unspecified atom stereocenters. The van der Waals surface area contributed by atoms with Crippen molar-refractivity contribution < 1.29 is 59.9 Å². The Hall–Kier alpha value is -4.06. The summed E-state index contributed by atoms with van der Waals surface area (Å²) >= 11 is 0. The molecule has 0 bridgehead atoms. The maximum atomic E-state index is 13.7. The lowest BCUT2D eigenvalue weighted by Gasteiger charge is -2.54. The average Bonchev–Trinajstić information content (AvgIpc) is 3.54. The number of hydrogen-bond donors (Lipinski definition) is 10. The number of ether oxygens (including phenoxy) is 2. The molecule has 270 valence electrons. The van der Waals surface area contributed by atoms with Crippen LogP contribution in [-0.4, -0.2) is 138 Å². The zero-order valence-corrected chi connectivity index (χ0v) is 27.6. The Morgan fingerprint density at radius 1 is 0.939 bits per heavy atom. The topological polar surface area (TPSA) is 314 Å². The highest BCUT2D eigenvalue weighted by Gasteiger charge is 2.75. The van der Waals surface area contributed by atoms with Crippen molar-refractivity contribution in [3.05, 3.63) is 18.0 Å². The maximum absolute atomic E-state index is 13.7. The van der Waals surface area contributed by atoms with Crippen LogP contribution in [0.3, 0.4) is 0 Å². The number of hydrogen-bond acceptors (Lipinski definition) is 19. The summed E-state index contributed by atoms with van der Waals surface area (Å²) in [5, 5.41) is 86.5. The van der Waals surface area contributed by atoms with Gasteiger partial charge in [0, 0.05) is 43.2 Å². The van der Waals surface area contributed by atoms with Crippen molar-refractivity contribution in [2.75, 3.05) is 35.2 Å². The SMILES string of the molecule is CC(C)(C)OC(=O)NC(C)(C)C(=O)N1CC[C@](C)(N2CCc3c(-c4cnc(N)nc4)nc(N4C(O)(O)C(O)(O)OC(O)(O)C4(O)O)nc32)C1. The van der Waals surface area contributed by atoms with E-state index in [1.165, 1.54) is 12.4 Å². The Kier molecular flexibility index (Phi) is 8.30. The summed E-state index contributed by atoms with van der Waals surface area (Å²) in [4.78, 5) is 45.4. The number of carbonyl (C=O) groups excluding carboxylic acids is 2. The minimum Gasteiger partial charge on any atom is -0.444 e. The third-order valence-electron chi connectivity index (χ3n) is 8.48. The number of nitrogens with two attached hydrogens (primary N) is 1. The number of rotatable bonds is 5. The van der Waals surface area contributed by atoms with Gasteiger partial charge in [-0.1, -0.05) is 0 Å². The van der Waals surface area contributed by atoms with Crippen LogP contribution in [0.25, 0.3) is 11.3 Å². The molecule has 2 fully saturated rings. The van der Waals surface area contributed by atoms with E-state index in [4.69, 9.17) is 10.5 Å². The van der Waals surface area contributed by atoms with E-state index in [2.05, 4.69) is 30.0 Å². The number of morpholine rings is 1. The van der Waals surface area contributed by atoms with E-state index in [1.54, 1.807) is 44.4 Å². The molecule has 21 nitrogen and oxygen atoms in total. The Bertz CT molecular complexity index is 1620. The van der Waals surface area contributed by atoms with Gasteiger partial charge in [-0.05, 0) is 54.4 Å². The largest absolute Gasteiger partial charge is 0.444 e. The van der Waals surface area contributed by atoms with E-state index < -0.39 is 63.3 Å². The summed E-state index contributed by atoms with van der Waals surface area (Å²) < 4.78 is 9.31. The first-order chi connectivity index (χ1) is 22.2. The minimum atomic E-state index is -4.25.